The third kappa shape index (κ3) is 1.49. The molecule has 0 aromatic carbocycles. The SMILES string of the molecule is NCC1CCCn2c(C3CC3)nc(Cl)c21. The molecule has 2 N–H and O–H groups in total. The number of rotatable bonds is 2. The molecule has 0 spiro atoms. The van der Waals surface area contributed by atoms with Crippen LogP contribution in [0.3, 0.4) is 0 Å². The van der Waals surface area contributed by atoms with Crippen LogP contribution < -0.4 is 5.73 Å². The van der Waals surface area contributed by atoms with Gasteiger partial charge in [-0.3, -0.25) is 0 Å². The molecule has 0 saturated heterocycles. The standard InChI is InChI=1S/C11H16ClN3/c12-10-9-8(6-13)2-1-5-15(9)11(14-10)7-3-4-7/h7-8H,1-6,13H2. The van der Waals surface area contributed by atoms with E-state index < -0.39 is 0 Å². The first-order valence-corrected chi connectivity index (χ1v) is 6.15. The highest BCUT2D eigenvalue weighted by Crippen LogP contribution is 2.43. The molecular formula is C11H16ClN3. The predicted octanol–water partition coefficient (Wildman–Crippen LogP) is 2.25. The van der Waals surface area contributed by atoms with Gasteiger partial charge in [0.2, 0.25) is 0 Å². The fourth-order valence-corrected chi connectivity index (χ4v) is 2.93. The molecule has 82 valence electrons. The van der Waals surface area contributed by atoms with Crippen molar-refractivity contribution < 1.29 is 0 Å². The van der Waals surface area contributed by atoms with Crippen molar-refractivity contribution in [3.8, 4) is 0 Å². The maximum Gasteiger partial charge on any atom is 0.150 e. The largest absolute Gasteiger partial charge is 0.330 e. The van der Waals surface area contributed by atoms with Crippen molar-refractivity contribution >= 4 is 11.6 Å². The molecule has 1 aliphatic carbocycles. The van der Waals surface area contributed by atoms with E-state index in [-0.39, 0.29) is 0 Å². The normalized spacial score (nSPS) is 25.3. The summed E-state index contributed by atoms with van der Waals surface area (Å²) in [6, 6.07) is 0. The van der Waals surface area contributed by atoms with Crippen LogP contribution in [0.2, 0.25) is 5.15 Å². The van der Waals surface area contributed by atoms with Crippen molar-refractivity contribution in [3.63, 3.8) is 0 Å². The molecule has 3 nitrogen and oxygen atoms in total. The molecule has 2 heterocycles. The molecule has 1 fully saturated rings. The molecule has 1 unspecified atom stereocenters. The highest BCUT2D eigenvalue weighted by Gasteiger charge is 2.33. The Balaban J connectivity index is 2.06. The Morgan fingerprint density at radius 3 is 2.87 bits per heavy atom. The molecule has 0 radical (unpaired) electrons. The van der Waals surface area contributed by atoms with Crippen molar-refractivity contribution in [1.82, 2.24) is 9.55 Å². The first-order valence-electron chi connectivity index (χ1n) is 5.77. The van der Waals surface area contributed by atoms with Crippen molar-refractivity contribution in [3.05, 3.63) is 16.7 Å². The Kier molecular flexibility index (Phi) is 2.25. The lowest BCUT2D eigenvalue weighted by Crippen LogP contribution is -2.22. The van der Waals surface area contributed by atoms with Crippen LogP contribution in [0.4, 0.5) is 0 Å². The summed E-state index contributed by atoms with van der Waals surface area (Å²) in [7, 11) is 0. The number of aromatic nitrogens is 2. The van der Waals surface area contributed by atoms with E-state index >= 15 is 0 Å². The van der Waals surface area contributed by atoms with Crippen LogP contribution in [0.5, 0.6) is 0 Å². The summed E-state index contributed by atoms with van der Waals surface area (Å²) < 4.78 is 2.33. The number of hydrogen-bond donors (Lipinski definition) is 1. The molecule has 1 saturated carbocycles. The van der Waals surface area contributed by atoms with Crippen molar-refractivity contribution in [2.24, 2.45) is 5.73 Å². The maximum absolute atomic E-state index is 6.22. The average Bonchev–Trinajstić information content (AvgIpc) is 3.04. The van der Waals surface area contributed by atoms with Crippen LogP contribution in [0.25, 0.3) is 0 Å². The van der Waals surface area contributed by atoms with Gasteiger partial charge in [0.15, 0.2) is 5.15 Å². The van der Waals surface area contributed by atoms with Crippen molar-refractivity contribution in [1.29, 1.82) is 0 Å². The lowest BCUT2D eigenvalue weighted by atomic mass is 9.96. The fourth-order valence-electron chi connectivity index (χ4n) is 2.59. The zero-order chi connectivity index (χ0) is 10.4. The van der Waals surface area contributed by atoms with Gasteiger partial charge in [-0.15, -0.1) is 0 Å². The zero-order valence-electron chi connectivity index (χ0n) is 8.75. The summed E-state index contributed by atoms with van der Waals surface area (Å²) in [6.07, 6.45) is 4.92. The molecule has 1 atom stereocenters. The Hall–Kier alpha value is -0.540. The summed E-state index contributed by atoms with van der Waals surface area (Å²) in [5.74, 6) is 2.31. The van der Waals surface area contributed by atoms with Gasteiger partial charge in [0.25, 0.3) is 0 Å². The van der Waals surface area contributed by atoms with Gasteiger partial charge in [-0.25, -0.2) is 4.98 Å². The van der Waals surface area contributed by atoms with E-state index in [9.17, 15) is 0 Å². The average molecular weight is 226 g/mol. The summed E-state index contributed by atoms with van der Waals surface area (Å²) in [6.45, 7) is 1.77. The summed E-state index contributed by atoms with van der Waals surface area (Å²) in [4.78, 5) is 4.53. The van der Waals surface area contributed by atoms with Crippen LogP contribution in [-0.4, -0.2) is 16.1 Å². The molecule has 15 heavy (non-hydrogen) atoms. The molecule has 2 aliphatic rings. The number of nitrogens with zero attached hydrogens (tertiary/aromatic N) is 2. The molecule has 0 bridgehead atoms. The van der Waals surface area contributed by atoms with Gasteiger partial charge >= 0.3 is 0 Å². The van der Waals surface area contributed by atoms with Crippen LogP contribution in [-0.2, 0) is 6.54 Å². The zero-order valence-corrected chi connectivity index (χ0v) is 9.50. The fraction of sp³-hybridized carbons (Fsp3) is 0.727. The van der Waals surface area contributed by atoms with Crippen LogP contribution in [0.1, 0.15) is 49.0 Å². The maximum atomic E-state index is 6.22. The molecule has 0 amide bonds. The topological polar surface area (TPSA) is 43.8 Å². The second kappa shape index (κ2) is 3.49. The van der Waals surface area contributed by atoms with Gasteiger partial charge in [-0.2, -0.15) is 0 Å². The molecule has 1 aliphatic heterocycles. The van der Waals surface area contributed by atoms with Gasteiger partial charge in [0.05, 0.1) is 5.69 Å². The molecule has 4 heteroatoms. The van der Waals surface area contributed by atoms with E-state index in [2.05, 4.69) is 9.55 Å². The number of fused-ring (bicyclic) bond motifs is 1. The molecular weight excluding hydrogens is 210 g/mol. The van der Waals surface area contributed by atoms with Crippen molar-refractivity contribution in [2.45, 2.75) is 44.1 Å². The number of halogens is 1. The van der Waals surface area contributed by atoms with E-state index in [1.807, 2.05) is 0 Å². The van der Waals surface area contributed by atoms with E-state index in [1.165, 1.54) is 30.8 Å². The number of nitrogens with two attached hydrogens (primary N) is 1. The lowest BCUT2D eigenvalue weighted by molar-refractivity contribution is 0.449. The van der Waals surface area contributed by atoms with E-state index in [0.29, 0.717) is 23.5 Å². The van der Waals surface area contributed by atoms with Crippen LogP contribution in [0.15, 0.2) is 0 Å². The van der Waals surface area contributed by atoms with Crippen LogP contribution in [0, 0.1) is 0 Å². The Morgan fingerprint density at radius 1 is 1.40 bits per heavy atom. The third-order valence-corrected chi connectivity index (χ3v) is 3.82. The first kappa shape index (κ1) is 9.67. The highest BCUT2D eigenvalue weighted by atomic mass is 35.5. The Bertz CT molecular complexity index is 381. The Labute approximate surface area is 94.6 Å². The van der Waals surface area contributed by atoms with Gasteiger partial charge in [-0.1, -0.05) is 11.6 Å². The first-order chi connectivity index (χ1) is 7.31. The van der Waals surface area contributed by atoms with Crippen LogP contribution >= 0.6 is 11.6 Å². The third-order valence-electron chi connectivity index (χ3n) is 3.54. The number of imidazole rings is 1. The van der Waals surface area contributed by atoms with Gasteiger partial charge in [0.1, 0.15) is 5.82 Å². The minimum Gasteiger partial charge on any atom is -0.330 e. The quantitative estimate of drug-likeness (QED) is 0.839. The van der Waals surface area contributed by atoms with Crippen molar-refractivity contribution in [2.75, 3.05) is 6.54 Å². The number of hydrogen-bond acceptors (Lipinski definition) is 2. The monoisotopic (exact) mass is 225 g/mol. The Morgan fingerprint density at radius 2 is 2.20 bits per heavy atom. The van der Waals surface area contributed by atoms with Gasteiger partial charge < -0.3 is 10.3 Å². The lowest BCUT2D eigenvalue weighted by Gasteiger charge is -2.24. The minimum absolute atomic E-state index is 0.422. The van der Waals surface area contributed by atoms with Gasteiger partial charge in [0, 0.05) is 24.9 Å². The second-order valence-corrected chi connectivity index (χ2v) is 5.00. The predicted molar refractivity (Wildman–Crippen MR) is 60.2 cm³/mol. The highest BCUT2D eigenvalue weighted by molar-refractivity contribution is 6.30. The van der Waals surface area contributed by atoms with E-state index in [0.717, 1.165) is 13.0 Å². The van der Waals surface area contributed by atoms with E-state index in [4.69, 9.17) is 17.3 Å². The minimum atomic E-state index is 0.422. The molecule has 1 aromatic heterocycles. The summed E-state index contributed by atoms with van der Waals surface area (Å²) >= 11 is 6.22. The summed E-state index contributed by atoms with van der Waals surface area (Å²) in [5, 5.41) is 0.701. The molecule has 1 aromatic rings. The smallest absolute Gasteiger partial charge is 0.150 e. The molecule has 3 rings (SSSR count). The second-order valence-electron chi connectivity index (χ2n) is 4.65. The van der Waals surface area contributed by atoms with E-state index in [1.54, 1.807) is 0 Å². The summed E-state index contributed by atoms with van der Waals surface area (Å²) in [5.41, 5.74) is 6.99. The van der Waals surface area contributed by atoms with Gasteiger partial charge in [-0.05, 0) is 25.7 Å².